The SMILES string of the molecule is Cc1cc(C(=O)NCCOCCCl)co1. The van der Waals surface area contributed by atoms with Crippen LogP contribution in [0.4, 0.5) is 0 Å². The number of furan rings is 1. The molecule has 0 radical (unpaired) electrons. The number of nitrogens with one attached hydrogen (secondary N) is 1. The number of hydrogen-bond donors (Lipinski definition) is 1. The largest absolute Gasteiger partial charge is 0.469 e. The van der Waals surface area contributed by atoms with E-state index in [0.717, 1.165) is 5.76 Å². The van der Waals surface area contributed by atoms with Gasteiger partial charge in [-0.05, 0) is 13.0 Å². The summed E-state index contributed by atoms with van der Waals surface area (Å²) in [6, 6.07) is 1.69. The number of aryl methyl sites for hydroxylation is 1. The summed E-state index contributed by atoms with van der Waals surface area (Å²) in [5.41, 5.74) is 0.532. The Balaban J connectivity index is 2.19. The van der Waals surface area contributed by atoms with E-state index in [9.17, 15) is 4.79 Å². The first kappa shape index (κ1) is 12.1. The zero-order chi connectivity index (χ0) is 11.1. The lowest BCUT2D eigenvalue weighted by molar-refractivity contribution is 0.0923. The first-order valence-electron chi connectivity index (χ1n) is 4.71. The van der Waals surface area contributed by atoms with Gasteiger partial charge in [0.05, 0.1) is 18.8 Å². The monoisotopic (exact) mass is 231 g/mol. The Bertz CT molecular complexity index is 311. The van der Waals surface area contributed by atoms with Crippen molar-refractivity contribution in [3.05, 3.63) is 23.7 Å². The van der Waals surface area contributed by atoms with Crippen molar-refractivity contribution in [3.63, 3.8) is 0 Å². The molecule has 0 unspecified atom stereocenters. The fraction of sp³-hybridized carbons (Fsp3) is 0.500. The third kappa shape index (κ3) is 4.36. The Morgan fingerprint density at radius 2 is 2.40 bits per heavy atom. The number of ether oxygens (including phenoxy) is 1. The van der Waals surface area contributed by atoms with E-state index in [2.05, 4.69) is 5.32 Å². The summed E-state index contributed by atoms with van der Waals surface area (Å²) in [5, 5.41) is 2.70. The van der Waals surface area contributed by atoms with Crippen LogP contribution in [0.15, 0.2) is 16.7 Å². The van der Waals surface area contributed by atoms with Gasteiger partial charge in [-0.3, -0.25) is 4.79 Å². The average Bonchev–Trinajstić information content (AvgIpc) is 2.64. The van der Waals surface area contributed by atoms with Gasteiger partial charge in [-0.25, -0.2) is 0 Å². The lowest BCUT2D eigenvalue weighted by Crippen LogP contribution is -2.27. The molecule has 15 heavy (non-hydrogen) atoms. The van der Waals surface area contributed by atoms with Gasteiger partial charge in [0.2, 0.25) is 0 Å². The van der Waals surface area contributed by atoms with Crippen LogP contribution in [0.25, 0.3) is 0 Å². The van der Waals surface area contributed by atoms with Crippen LogP contribution in [0.5, 0.6) is 0 Å². The van der Waals surface area contributed by atoms with Gasteiger partial charge in [-0.1, -0.05) is 0 Å². The van der Waals surface area contributed by atoms with E-state index >= 15 is 0 Å². The maximum atomic E-state index is 11.4. The number of amides is 1. The molecule has 0 fully saturated rings. The van der Waals surface area contributed by atoms with Gasteiger partial charge in [-0.2, -0.15) is 0 Å². The van der Waals surface area contributed by atoms with E-state index in [1.165, 1.54) is 6.26 Å². The highest BCUT2D eigenvalue weighted by atomic mass is 35.5. The number of rotatable bonds is 6. The fourth-order valence-electron chi connectivity index (χ4n) is 1.06. The van der Waals surface area contributed by atoms with Crippen LogP contribution in [-0.2, 0) is 4.74 Å². The molecule has 1 heterocycles. The molecule has 84 valence electrons. The number of alkyl halides is 1. The molecule has 4 nitrogen and oxygen atoms in total. The van der Waals surface area contributed by atoms with E-state index in [4.69, 9.17) is 20.8 Å². The molecule has 0 saturated carbocycles. The minimum absolute atomic E-state index is 0.152. The van der Waals surface area contributed by atoms with Crippen molar-refractivity contribution in [2.75, 3.05) is 25.6 Å². The molecular weight excluding hydrogens is 218 g/mol. The lowest BCUT2D eigenvalue weighted by Gasteiger charge is -2.03. The first-order valence-corrected chi connectivity index (χ1v) is 5.24. The Morgan fingerprint density at radius 3 is 3.00 bits per heavy atom. The number of halogens is 1. The summed E-state index contributed by atoms with van der Waals surface area (Å²) in [6.45, 7) is 3.23. The third-order valence-corrected chi connectivity index (χ3v) is 1.90. The van der Waals surface area contributed by atoms with E-state index in [1.807, 2.05) is 0 Å². The van der Waals surface area contributed by atoms with Crippen molar-refractivity contribution in [2.45, 2.75) is 6.92 Å². The van der Waals surface area contributed by atoms with Crippen molar-refractivity contribution >= 4 is 17.5 Å². The predicted octanol–water partition coefficient (Wildman–Crippen LogP) is 1.57. The molecule has 0 spiro atoms. The normalized spacial score (nSPS) is 10.3. The summed E-state index contributed by atoms with van der Waals surface area (Å²) in [6.07, 6.45) is 1.43. The zero-order valence-electron chi connectivity index (χ0n) is 8.59. The predicted molar refractivity (Wildman–Crippen MR) is 57.3 cm³/mol. The van der Waals surface area contributed by atoms with Crippen molar-refractivity contribution in [2.24, 2.45) is 0 Å². The van der Waals surface area contributed by atoms with E-state index in [1.54, 1.807) is 13.0 Å². The first-order chi connectivity index (χ1) is 7.24. The molecule has 0 aliphatic rings. The molecule has 0 aliphatic heterocycles. The van der Waals surface area contributed by atoms with Crippen molar-refractivity contribution in [1.82, 2.24) is 5.32 Å². The van der Waals surface area contributed by atoms with Gasteiger partial charge in [0.25, 0.3) is 5.91 Å². The van der Waals surface area contributed by atoms with Crippen molar-refractivity contribution in [3.8, 4) is 0 Å². The average molecular weight is 232 g/mol. The van der Waals surface area contributed by atoms with E-state index < -0.39 is 0 Å². The maximum absolute atomic E-state index is 11.4. The van der Waals surface area contributed by atoms with Crippen LogP contribution in [0, 0.1) is 6.92 Å². The van der Waals surface area contributed by atoms with Gasteiger partial charge in [-0.15, -0.1) is 11.6 Å². The summed E-state index contributed by atoms with van der Waals surface area (Å²) in [4.78, 5) is 11.4. The second-order valence-corrected chi connectivity index (χ2v) is 3.38. The molecule has 1 aromatic rings. The van der Waals surface area contributed by atoms with Crippen LogP contribution < -0.4 is 5.32 Å². The summed E-state index contributed by atoms with van der Waals surface area (Å²) < 4.78 is 10.1. The molecule has 1 N–H and O–H groups in total. The molecular formula is C10H14ClNO3. The van der Waals surface area contributed by atoms with Crippen LogP contribution in [0.2, 0.25) is 0 Å². The second-order valence-electron chi connectivity index (χ2n) is 3.00. The smallest absolute Gasteiger partial charge is 0.254 e. The van der Waals surface area contributed by atoms with Gasteiger partial charge in [0.1, 0.15) is 12.0 Å². The molecule has 0 aliphatic carbocycles. The second kappa shape index (κ2) is 6.48. The molecule has 1 amide bonds. The number of hydrogen-bond acceptors (Lipinski definition) is 3. The highest BCUT2D eigenvalue weighted by Crippen LogP contribution is 2.05. The number of carbonyl (C=O) groups excluding carboxylic acids is 1. The number of carbonyl (C=O) groups is 1. The molecule has 5 heteroatoms. The van der Waals surface area contributed by atoms with Gasteiger partial charge >= 0.3 is 0 Å². The Hall–Kier alpha value is -1.00. The van der Waals surface area contributed by atoms with Crippen molar-refractivity contribution in [1.29, 1.82) is 0 Å². The van der Waals surface area contributed by atoms with Crippen molar-refractivity contribution < 1.29 is 13.9 Å². The maximum Gasteiger partial charge on any atom is 0.254 e. The highest BCUT2D eigenvalue weighted by Gasteiger charge is 2.06. The Morgan fingerprint density at radius 1 is 1.60 bits per heavy atom. The quantitative estimate of drug-likeness (QED) is 0.597. The molecule has 0 atom stereocenters. The van der Waals surface area contributed by atoms with Gasteiger partial charge in [0.15, 0.2) is 0 Å². The van der Waals surface area contributed by atoms with E-state index in [-0.39, 0.29) is 5.91 Å². The van der Waals surface area contributed by atoms with Crippen LogP contribution in [-0.4, -0.2) is 31.5 Å². The van der Waals surface area contributed by atoms with Gasteiger partial charge in [0, 0.05) is 12.4 Å². The standard InChI is InChI=1S/C10H14ClNO3/c1-8-6-9(7-15-8)10(13)12-3-5-14-4-2-11/h6-7H,2-5H2,1H3,(H,12,13). The zero-order valence-corrected chi connectivity index (χ0v) is 9.34. The van der Waals surface area contributed by atoms with E-state index in [0.29, 0.717) is 31.2 Å². The summed E-state index contributed by atoms with van der Waals surface area (Å²) in [7, 11) is 0. The van der Waals surface area contributed by atoms with Crippen LogP contribution in [0.3, 0.4) is 0 Å². The van der Waals surface area contributed by atoms with Gasteiger partial charge < -0.3 is 14.5 Å². The summed E-state index contributed by atoms with van der Waals surface area (Å²) in [5.74, 6) is 1.04. The van der Waals surface area contributed by atoms with Crippen LogP contribution in [0.1, 0.15) is 16.1 Å². The fourth-order valence-corrected chi connectivity index (χ4v) is 1.17. The molecule has 1 rings (SSSR count). The third-order valence-electron chi connectivity index (χ3n) is 1.75. The van der Waals surface area contributed by atoms with Crippen LogP contribution >= 0.6 is 11.6 Å². The summed E-state index contributed by atoms with van der Waals surface area (Å²) >= 11 is 5.42. The molecule has 0 bridgehead atoms. The lowest BCUT2D eigenvalue weighted by atomic mass is 10.3. The Labute approximate surface area is 93.5 Å². The molecule has 1 aromatic heterocycles. The Kier molecular flexibility index (Phi) is 5.21. The highest BCUT2D eigenvalue weighted by molar-refractivity contribution is 6.17. The topological polar surface area (TPSA) is 51.5 Å². The minimum Gasteiger partial charge on any atom is -0.469 e. The minimum atomic E-state index is -0.152. The molecule has 0 aromatic carbocycles. The molecule has 0 saturated heterocycles.